The molecule has 27 heavy (non-hydrogen) atoms. The standard InChI is InChI=1S/C19H22N2O5S/c1-19(11-12-21(27(19,23)24)15-7-5-4-6-8-15)18(22)20-14-9-10-16(25-2)17(13-14)26-3/h4-10,13H,11-12H2,1-3H3,(H,20,22)/t19-/m1/s1. The van der Waals surface area contributed by atoms with Crippen LogP contribution >= 0.6 is 0 Å². The number of hydrogen-bond acceptors (Lipinski definition) is 5. The van der Waals surface area contributed by atoms with Crippen LogP contribution in [-0.4, -0.2) is 39.8 Å². The van der Waals surface area contributed by atoms with Gasteiger partial charge >= 0.3 is 0 Å². The first-order valence-electron chi connectivity index (χ1n) is 8.44. The minimum Gasteiger partial charge on any atom is -0.493 e. The van der Waals surface area contributed by atoms with Gasteiger partial charge in [0.05, 0.1) is 19.9 Å². The molecule has 3 rings (SSSR count). The Morgan fingerprint density at radius 2 is 1.74 bits per heavy atom. The fraction of sp³-hybridized carbons (Fsp3) is 0.316. The van der Waals surface area contributed by atoms with Crippen LogP contribution in [0.25, 0.3) is 0 Å². The molecular weight excluding hydrogens is 368 g/mol. The van der Waals surface area contributed by atoms with E-state index in [0.717, 1.165) is 0 Å². The van der Waals surface area contributed by atoms with Crippen LogP contribution in [0.15, 0.2) is 48.5 Å². The number of ether oxygens (including phenoxy) is 2. The average molecular weight is 390 g/mol. The number of carbonyl (C=O) groups is 1. The van der Waals surface area contributed by atoms with Crippen LogP contribution in [0.4, 0.5) is 11.4 Å². The zero-order valence-corrected chi connectivity index (χ0v) is 16.2. The molecule has 1 N–H and O–H groups in total. The van der Waals surface area contributed by atoms with Gasteiger partial charge in [-0.25, -0.2) is 8.42 Å². The first-order valence-corrected chi connectivity index (χ1v) is 9.88. The fourth-order valence-corrected chi connectivity index (χ4v) is 4.93. The lowest BCUT2D eigenvalue weighted by Gasteiger charge is -2.25. The van der Waals surface area contributed by atoms with Crippen LogP contribution in [-0.2, 0) is 14.8 Å². The summed E-state index contributed by atoms with van der Waals surface area (Å²) in [5.74, 6) is 0.388. The van der Waals surface area contributed by atoms with E-state index in [4.69, 9.17) is 9.47 Å². The number of sulfonamides is 1. The molecule has 8 heteroatoms. The fourth-order valence-electron chi connectivity index (χ4n) is 3.08. The third kappa shape index (κ3) is 3.21. The molecule has 1 atom stereocenters. The maximum atomic E-state index is 13.1. The van der Waals surface area contributed by atoms with Crippen molar-refractivity contribution in [3.05, 3.63) is 48.5 Å². The highest BCUT2D eigenvalue weighted by Crippen LogP contribution is 2.38. The van der Waals surface area contributed by atoms with Gasteiger partial charge in [-0.2, -0.15) is 0 Å². The van der Waals surface area contributed by atoms with E-state index in [1.807, 2.05) is 6.07 Å². The molecule has 1 aliphatic rings. The topological polar surface area (TPSA) is 84.9 Å². The molecule has 0 spiro atoms. The molecule has 7 nitrogen and oxygen atoms in total. The quantitative estimate of drug-likeness (QED) is 0.848. The van der Waals surface area contributed by atoms with E-state index in [1.165, 1.54) is 25.4 Å². The molecule has 0 unspecified atom stereocenters. The van der Waals surface area contributed by atoms with Crippen molar-refractivity contribution in [1.29, 1.82) is 0 Å². The van der Waals surface area contributed by atoms with Gasteiger partial charge in [-0.1, -0.05) is 18.2 Å². The number of amides is 1. The van der Waals surface area contributed by atoms with E-state index in [2.05, 4.69) is 5.32 Å². The normalized spacial score (nSPS) is 20.9. The summed E-state index contributed by atoms with van der Waals surface area (Å²) in [7, 11) is -0.859. The van der Waals surface area contributed by atoms with Gasteiger partial charge in [0.2, 0.25) is 15.9 Å². The molecule has 0 aromatic heterocycles. The minimum atomic E-state index is -3.86. The van der Waals surface area contributed by atoms with E-state index in [-0.39, 0.29) is 13.0 Å². The van der Waals surface area contributed by atoms with Crippen molar-refractivity contribution < 1.29 is 22.7 Å². The average Bonchev–Trinajstić information content (AvgIpc) is 2.92. The van der Waals surface area contributed by atoms with Gasteiger partial charge in [-0.3, -0.25) is 9.10 Å². The Labute approximate surface area is 158 Å². The van der Waals surface area contributed by atoms with Crippen LogP contribution in [0.2, 0.25) is 0 Å². The lowest BCUT2D eigenvalue weighted by molar-refractivity contribution is -0.118. The monoisotopic (exact) mass is 390 g/mol. The Morgan fingerprint density at radius 1 is 1.07 bits per heavy atom. The van der Waals surface area contributed by atoms with E-state index in [0.29, 0.717) is 22.9 Å². The smallest absolute Gasteiger partial charge is 0.249 e. The van der Waals surface area contributed by atoms with Crippen LogP contribution < -0.4 is 19.1 Å². The lowest BCUT2D eigenvalue weighted by Crippen LogP contribution is -2.47. The summed E-state index contributed by atoms with van der Waals surface area (Å²) >= 11 is 0. The number of benzene rings is 2. The highest BCUT2D eigenvalue weighted by molar-refractivity contribution is 7.95. The van der Waals surface area contributed by atoms with Gasteiger partial charge in [-0.15, -0.1) is 0 Å². The summed E-state index contributed by atoms with van der Waals surface area (Å²) in [5, 5.41) is 2.70. The molecular formula is C19H22N2O5S. The van der Waals surface area contributed by atoms with Crippen LogP contribution in [0.3, 0.4) is 0 Å². The summed E-state index contributed by atoms with van der Waals surface area (Å²) < 4.78 is 36.3. The number of anilines is 2. The highest BCUT2D eigenvalue weighted by Gasteiger charge is 2.54. The molecule has 0 saturated carbocycles. The maximum absolute atomic E-state index is 13.1. The summed E-state index contributed by atoms with van der Waals surface area (Å²) in [6, 6.07) is 13.7. The van der Waals surface area contributed by atoms with Crippen LogP contribution in [0.5, 0.6) is 11.5 Å². The second-order valence-corrected chi connectivity index (χ2v) is 8.71. The zero-order chi connectivity index (χ0) is 19.7. The summed E-state index contributed by atoms with van der Waals surface area (Å²) in [6.45, 7) is 1.71. The molecule has 1 saturated heterocycles. The van der Waals surface area contributed by atoms with Crippen molar-refractivity contribution in [2.75, 3.05) is 30.4 Å². The largest absolute Gasteiger partial charge is 0.493 e. The van der Waals surface area contributed by atoms with Gasteiger partial charge in [0, 0.05) is 18.3 Å². The predicted molar refractivity (Wildman–Crippen MR) is 104 cm³/mol. The first-order chi connectivity index (χ1) is 12.8. The van der Waals surface area contributed by atoms with Crippen LogP contribution in [0.1, 0.15) is 13.3 Å². The molecule has 144 valence electrons. The van der Waals surface area contributed by atoms with Gasteiger partial charge in [-0.05, 0) is 37.6 Å². The summed E-state index contributed by atoms with van der Waals surface area (Å²) in [5.41, 5.74) is 0.993. The van der Waals surface area contributed by atoms with Crippen molar-refractivity contribution >= 4 is 27.3 Å². The van der Waals surface area contributed by atoms with Gasteiger partial charge in [0.25, 0.3) is 0 Å². The Kier molecular flexibility index (Phi) is 5.01. The van der Waals surface area contributed by atoms with E-state index >= 15 is 0 Å². The predicted octanol–water partition coefficient (Wildman–Crippen LogP) is 2.64. The number of methoxy groups -OCH3 is 2. The van der Waals surface area contributed by atoms with Crippen molar-refractivity contribution in [2.45, 2.75) is 18.1 Å². The molecule has 1 fully saturated rings. The van der Waals surface area contributed by atoms with Crippen molar-refractivity contribution in [3.8, 4) is 11.5 Å². The summed E-state index contributed by atoms with van der Waals surface area (Å²) in [4.78, 5) is 12.9. The number of rotatable bonds is 5. The Balaban J connectivity index is 1.86. The van der Waals surface area contributed by atoms with E-state index in [9.17, 15) is 13.2 Å². The van der Waals surface area contributed by atoms with Gasteiger partial charge in [0.1, 0.15) is 0 Å². The third-order valence-corrected chi connectivity index (χ3v) is 7.32. The highest BCUT2D eigenvalue weighted by atomic mass is 32.2. The van der Waals surface area contributed by atoms with Crippen molar-refractivity contribution in [2.24, 2.45) is 0 Å². The number of nitrogens with one attached hydrogen (secondary N) is 1. The molecule has 0 radical (unpaired) electrons. The second-order valence-electron chi connectivity index (χ2n) is 6.42. The van der Waals surface area contributed by atoms with Gasteiger partial charge in [0.15, 0.2) is 16.2 Å². The molecule has 1 heterocycles. The Morgan fingerprint density at radius 3 is 2.37 bits per heavy atom. The molecule has 2 aromatic carbocycles. The van der Waals surface area contributed by atoms with Crippen molar-refractivity contribution in [3.63, 3.8) is 0 Å². The zero-order valence-electron chi connectivity index (χ0n) is 15.4. The maximum Gasteiger partial charge on any atom is 0.249 e. The number of nitrogens with zero attached hydrogens (tertiary/aromatic N) is 1. The summed E-state index contributed by atoms with van der Waals surface area (Å²) in [6.07, 6.45) is 0.198. The van der Waals surface area contributed by atoms with Gasteiger partial charge < -0.3 is 14.8 Å². The van der Waals surface area contributed by atoms with E-state index < -0.39 is 20.7 Å². The minimum absolute atomic E-state index is 0.198. The molecule has 0 aliphatic carbocycles. The number of para-hydroxylation sites is 1. The molecule has 1 amide bonds. The first kappa shape index (κ1) is 19.0. The van der Waals surface area contributed by atoms with E-state index in [1.54, 1.807) is 42.5 Å². The second kappa shape index (κ2) is 7.11. The molecule has 2 aromatic rings. The SMILES string of the molecule is COc1ccc(NC(=O)[C@@]2(C)CCN(c3ccccc3)S2(=O)=O)cc1OC. The Hall–Kier alpha value is -2.74. The van der Waals surface area contributed by atoms with Crippen molar-refractivity contribution in [1.82, 2.24) is 0 Å². The lowest BCUT2D eigenvalue weighted by atomic mass is 10.1. The molecule has 0 bridgehead atoms. The molecule has 1 aliphatic heterocycles. The third-order valence-electron chi connectivity index (χ3n) is 4.82. The number of carbonyl (C=O) groups excluding carboxylic acids is 1. The number of hydrogen-bond donors (Lipinski definition) is 1. The Bertz CT molecular complexity index is 946. The van der Waals surface area contributed by atoms with Crippen LogP contribution in [0, 0.1) is 0 Å².